The van der Waals surface area contributed by atoms with Crippen molar-refractivity contribution in [3.8, 4) is 0 Å². The topological polar surface area (TPSA) is 92.8 Å². The van der Waals surface area contributed by atoms with Gasteiger partial charge in [-0.05, 0) is 49.7 Å². The van der Waals surface area contributed by atoms with Crippen LogP contribution in [0.4, 0.5) is 11.4 Å². The van der Waals surface area contributed by atoms with E-state index < -0.39 is 27.9 Å². The van der Waals surface area contributed by atoms with Gasteiger partial charge >= 0.3 is 5.97 Å². The van der Waals surface area contributed by atoms with Crippen molar-refractivity contribution in [2.24, 2.45) is 0 Å². The van der Waals surface area contributed by atoms with E-state index in [-0.39, 0.29) is 16.3 Å². The predicted molar refractivity (Wildman–Crippen MR) is 114 cm³/mol. The van der Waals surface area contributed by atoms with Crippen LogP contribution in [-0.2, 0) is 19.6 Å². The van der Waals surface area contributed by atoms with Crippen molar-refractivity contribution in [3.63, 3.8) is 0 Å². The number of ether oxygens (including phenoxy) is 1. The van der Waals surface area contributed by atoms with Gasteiger partial charge in [0.15, 0.2) is 0 Å². The number of halogens is 2. The summed E-state index contributed by atoms with van der Waals surface area (Å²) < 4.78 is 30.5. The number of anilines is 2. The van der Waals surface area contributed by atoms with E-state index in [1.807, 2.05) is 0 Å². The monoisotopic (exact) mass is 458 g/mol. The van der Waals surface area contributed by atoms with E-state index in [2.05, 4.69) is 10.1 Å². The highest BCUT2D eigenvalue weighted by Crippen LogP contribution is 2.29. The van der Waals surface area contributed by atoms with Crippen LogP contribution in [0.5, 0.6) is 0 Å². The predicted octanol–water partition coefficient (Wildman–Crippen LogP) is 3.88. The van der Waals surface area contributed by atoms with Crippen LogP contribution in [-0.4, -0.2) is 39.7 Å². The van der Waals surface area contributed by atoms with Crippen molar-refractivity contribution in [1.82, 2.24) is 0 Å². The SMILES string of the molecule is COC(=O)c1cc(NC(=O)[C@@H](C)N(c2cc(Cl)ccc2C)S(C)(=O)=O)ccc1Cl. The van der Waals surface area contributed by atoms with Crippen LogP contribution in [0.3, 0.4) is 0 Å². The molecule has 1 N–H and O–H groups in total. The van der Waals surface area contributed by atoms with Gasteiger partial charge in [-0.1, -0.05) is 29.3 Å². The maximum atomic E-state index is 12.8. The minimum atomic E-state index is -3.81. The summed E-state index contributed by atoms with van der Waals surface area (Å²) in [6, 6.07) is 7.97. The van der Waals surface area contributed by atoms with Gasteiger partial charge in [0.2, 0.25) is 15.9 Å². The summed E-state index contributed by atoms with van der Waals surface area (Å²) in [7, 11) is -2.60. The van der Waals surface area contributed by atoms with Gasteiger partial charge in [-0.3, -0.25) is 9.10 Å². The van der Waals surface area contributed by atoms with Gasteiger partial charge in [-0.15, -0.1) is 0 Å². The fourth-order valence-corrected chi connectivity index (χ4v) is 4.30. The minimum absolute atomic E-state index is 0.0743. The van der Waals surface area contributed by atoms with Crippen molar-refractivity contribution in [2.75, 3.05) is 23.0 Å². The summed E-state index contributed by atoms with van der Waals surface area (Å²) >= 11 is 12.0. The Bertz CT molecular complexity index is 1060. The van der Waals surface area contributed by atoms with E-state index in [0.29, 0.717) is 16.3 Å². The number of carbonyl (C=O) groups is 2. The molecule has 2 rings (SSSR count). The molecule has 0 saturated heterocycles. The van der Waals surface area contributed by atoms with Gasteiger partial charge in [-0.25, -0.2) is 13.2 Å². The molecule has 0 heterocycles. The Morgan fingerprint density at radius 2 is 1.79 bits per heavy atom. The zero-order chi connectivity index (χ0) is 21.9. The average molecular weight is 459 g/mol. The summed E-state index contributed by atoms with van der Waals surface area (Å²) in [5.74, 6) is -1.26. The molecule has 0 fully saturated rings. The molecule has 1 amide bonds. The smallest absolute Gasteiger partial charge is 0.339 e. The van der Waals surface area contributed by atoms with E-state index in [0.717, 1.165) is 10.6 Å². The fourth-order valence-electron chi connectivity index (χ4n) is 2.72. The second kappa shape index (κ2) is 9.02. The molecule has 0 aliphatic rings. The lowest BCUT2D eigenvalue weighted by Gasteiger charge is -2.29. The molecule has 0 bridgehead atoms. The fraction of sp³-hybridized carbons (Fsp3) is 0.263. The van der Waals surface area contributed by atoms with E-state index >= 15 is 0 Å². The van der Waals surface area contributed by atoms with Gasteiger partial charge < -0.3 is 10.1 Å². The molecule has 2 aromatic rings. The molecule has 0 saturated carbocycles. The van der Waals surface area contributed by atoms with Crippen LogP contribution in [0.1, 0.15) is 22.8 Å². The molecular formula is C19H20Cl2N2O5S. The molecule has 156 valence electrons. The van der Waals surface area contributed by atoms with Crippen molar-refractivity contribution < 1.29 is 22.7 Å². The number of aryl methyl sites for hydroxylation is 1. The standard InChI is InChI=1S/C19H20Cl2N2O5S/c1-11-5-6-13(20)9-17(11)23(29(4,26)27)12(2)18(24)22-14-7-8-16(21)15(10-14)19(25)28-3/h5-10,12H,1-4H3,(H,22,24)/t12-/m1/s1. The lowest BCUT2D eigenvalue weighted by Crippen LogP contribution is -2.45. The number of hydrogen-bond acceptors (Lipinski definition) is 5. The van der Waals surface area contributed by atoms with Crippen LogP contribution < -0.4 is 9.62 Å². The highest BCUT2D eigenvalue weighted by atomic mass is 35.5. The number of carbonyl (C=O) groups excluding carboxylic acids is 2. The molecule has 10 heteroatoms. The van der Waals surface area contributed by atoms with Crippen molar-refractivity contribution >= 4 is 56.5 Å². The lowest BCUT2D eigenvalue weighted by molar-refractivity contribution is -0.116. The Hall–Kier alpha value is -2.29. The number of sulfonamides is 1. The third-order valence-electron chi connectivity index (χ3n) is 4.14. The molecule has 0 unspecified atom stereocenters. The number of benzene rings is 2. The van der Waals surface area contributed by atoms with Gasteiger partial charge in [0.05, 0.1) is 29.6 Å². The summed E-state index contributed by atoms with van der Waals surface area (Å²) in [5, 5.41) is 3.10. The number of amides is 1. The first-order valence-electron chi connectivity index (χ1n) is 8.40. The lowest BCUT2D eigenvalue weighted by atomic mass is 10.1. The molecular weight excluding hydrogens is 439 g/mol. The molecule has 29 heavy (non-hydrogen) atoms. The zero-order valence-corrected chi connectivity index (χ0v) is 18.5. The Kier molecular flexibility index (Phi) is 7.15. The second-order valence-electron chi connectivity index (χ2n) is 6.34. The summed E-state index contributed by atoms with van der Waals surface area (Å²) in [6.07, 6.45) is 1.01. The second-order valence-corrected chi connectivity index (χ2v) is 9.04. The highest BCUT2D eigenvalue weighted by molar-refractivity contribution is 7.92. The third-order valence-corrected chi connectivity index (χ3v) is 5.93. The molecule has 0 radical (unpaired) electrons. The van der Waals surface area contributed by atoms with E-state index in [4.69, 9.17) is 23.2 Å². The first kappa shape index (κ1) is 23.0. The van der Waals surface area contributed by atoms with Crippen LogP contribution in [0.2, 0.25) is 10.0 Å². The number of nitrogens with zero attached hydrogens (tertiary/aromatic N) is 1. The normalized spacial score (nSPS) is 12.2. The quantitative estimate of drug-likeness (QED) is 0.662. The van der Waals surface area contributed by atoms with Gasteiger partial charge in [-0.2, -0.15) is 0 Å². The van der Waals surface area contributed by atoms with E-state index in [9.17, 15) is 18.0 Å². The molecule has 7 nitrogen and oxygen atoms in total. The molecule has 2 aromatic carbocycles. The van der Waals surface area contributed by atoms with Crippen LogP contribution in [0.15, 0.2) is 36.4 Å². The Morgan fingerprint density at radius 3 is 2.38 bits per heavy atom. The van der Waals surface area contributed by atoms with Gasteiger partial charge in [0, 0.05) is 10.7 Å². The number of rotatable bonds is 6. The van der Waals surface area contributed by atoms with Crippen molar-refractivity contribution in [1.29, 1.82) is 0 Å². The van der Waals surface area contributed by atoms with Crippen LogP contribution in [0, 0.1) is 6.92 Å². The average Bonchev–Trinajstić information content (AvgIpc) is 2.64. The number of esters is 1. The molecule has 0 aliphatic heterocycles. The van der Waals surface area contributed by atoms with E-state index in [1.165, 1.54) is 38.3 Å². The van der Waals surface area contributed by atoms with Gasteiger partial charge in [0.1, 0.15) is 6.04 Å². The highest BCUT2D eigenvalue weighted by Gasteiger charge is 2.30. The minimum Gasteiger partial charge on any atom is -0.465 e. The number of hydrogen-bond donors (Lipinski definition) is 1. The van der Waals surface area contributed by atoms with Crippen molar-refractivity contribution in [2.45, 2.75) is 19.9 Å². The summed E-state index contributed by atoms with van der Waals surface area (Å²) in [5.41, 5.74) is 1.28. The number of methoxy groups -OCH3 is 1. The molecule has 0 spiro atoms. The first-order chi connectivity index (χ1) is 13.5. The molecule has 1 atom stereocenters. The maximum Gasteiger partial charge on any atom is 0.339 e. The Balaban J connectivity index is 2.38. The Labute approximate surface area is 179 Å². The molecule has 0 aromatic heterocycles. The molecule has 0 aliphatic carbocycles. The van der Waals surface area contributed by atoms with Gasteiger partial charge in [0.25, 0.3) is 0 Å². The van der Waals surface area contributed by atoms with Crippen molar-refractivity contribution in [3.05, 3.63) is 57.6 Å². The Morgan fingerprint density at radius 1 is 1.14 bits per heavy atom. The zero-order valence-electron chi connectivity index (χ0n) is 16.2. The van der Waals surface area contributed by atoms with Crippen LogP contribution >= 0.6 is 23.2 Å². The maximum absolute atomic E-state index is 12.8. The number of nitrogens with one attached hydrogen (secondary N) is 1. The summed E-state index contributed by atoms with van der Waals surface area (Å²) in [6.45, 7) is 3.17. The van der Waals surface area contributed by atoms with E-state index in [1.54, 1.807) is 19.1 Å². The first-order valence-corrected chi connectivity index (χ1v) is 11.0. The van der Waals surface area contributed by atoms with Crippen LogP contribution in [0.25, 0.3) is 0 Å². The summed E-state index contributed by atoms with van der Waals surface area (Å²) in [4.78, 5) is 24.6. The third kappa shape index (κ3) is 5.41. The largest absolute Gasteiger partial charge is 0.465 e.